The summed E-state index contributed by atoms with van der Waals surface area (Å²) in [4.78, 5) is 40.2. The van der Waals surface area contributed by atoms with Crippen molar-refractivity contribution in [2.45, 2.75) is 37.4 Å². The Morgan fingerprint density at radius 1 is 1.30 bits per heavy atom. The molecule has 0 bridgehead atoms. The molecular weight excluding hydrogens is 420 g/mol. The Hall–Kier alpha value is -3.01. The van der Waals surface area contributed by atoms with E-state index in [0.29, 0.717) is 0 Å². The molecule has 0 radical (unpaired) electrons. The number of benzene rings is 1. The highest BCUT2D eigenvalue weighted by Crippen LogP contribution is 2.39. The molecule has 8 nitrogen and oxygen atoms in total. The van der Waals surface area contributed by atoms with E-state index in [-0.39, 0.29) is 53.8 Å². The van der Waals surface area contributed by atoms with E-state index in [1.807, 2.05) is 0 Å². The number of primary amides is 1. The lowest BCUT2D eigenvalue weighted by molar-refractivity contribution is -0.129. The molecule has 4 N–H and O–H groups in total. The van der Waals surface area contributed by atoms with Crippen LogP contribution in [-0.4, -0.2) is 40.0 Å². The van der Waals surface area contributed by atoms with Gasteiger partial charge in [-0.15, -0.1) is 0 Å². The minimum absolute atomic E-state index is 0.00361. The maximum Gasteiger partial charge on any atom is 0.270 e. The summed E-state index contributed by atoms with van der Waals surface area (Å²) in [6.45, 7) is 0. The van der Waals surface area contributed by atoms with Crippen molar-refractivity contribution in [3.63, 3.8) is 0 Å². The first kappa shape index (κ1) is 21.7. The number of amides is 3. The molecule has 3 amide bonds. The highest BCUT2D eigenvalue weighted by molar-refractivity contribution is 6.33. The number of aromatic nitrogens is 2. The van der Waals surface area contributed by atoms with Gasteiger partial charge in [0.05, 0.1) is 17.0 Å². The molecule has 3 rings (SSSR count). The van der Waals surface area contributed by atoms with Gasteiger partial charge in [0.15, 0.2) is 11.4 Å². The molecule has 1 fully saturated rings. The van der Waals surface area contributed by atoms with E-state index >= 15 is 4.39 Å². The highest BCUT2D eigenvalue weighted by Gasteiger charge is 2.43. The zero-order valence-electron chi connectivity index (χ0n) is 16.0. The number of nitrogens with two attached hydrogens (primary N) is 1. The predicted octanol–water partition coefficient (Wildman–Crippen LogP) is 2.60. The molecule has 0 saturated heterocycles. The van der Waals surface area contributed by atoms with E-state index in [2.05, 4.69) is 15.6 Å². The summed E-state index contributed by atoms with van der Waals surface area (Å²) in [6.07, 6.45) is 1.51. The Morgan fingerprint density at radius 3 is 2.53 bits per heavy atom. The fourth-order valence-electron chi connectivity index (χ4n) is 3.55. The summed E-state index contributed by atoms with van der Waals surface area (Å²) in [5.74, 6) is -2.83. The van der Waals surface area contributed by atoms with Crippen LogP contribution in [0, 0.1) is 5.82 Å². The van der Waals surface area contributed by atoms with Crippen LogP contribution in [0.4, 0.5) is 14.5 Å². The van der Waals surface area contributed by atoms with E-state index in [9.17, 15) is 18.8 Å². The molecule has 2 aromatic rings. The summed E-state index contributed by atoms with van der Waals surface area (Å²) < 4.78 is 29.9. The lowest BCUT2D eigenvalue weighted by atomic mass is 9.82. The molecule has 0 aliphatic heterocycles. The molecule has 0 spiro atoms. The number of anilines is 1. The smallest absolute Gasteiger partial charge is 0.270 e. The summed E-state index contributed by atoms with van der Waals surface area (Å²) in [5, 5.41) is 4.80. The summed E-state index contributed by atoms with van der Waals surface area (Å²) in [5.41, 5.74) is 3.08. The number of hydrogen-bond donors (Lipinski definition) is 3. The van der Waals surface area contributed by atoms with Crippen LogP contribution in [0.25, 0.3) is 0 Å². The second kappa shape index (κ2) is 8.39. The third-order valence-corrected chi connectivity index (χ3v) is 5.51. The maximum atomic E-state index is 15.3. The number of rotatable bonds is 5. The van der Waals surface area contributed by atoms with Gasteiger partial charge in [-0.05, 0) is 43.9 Å². The largest absolute Gasteiger partial charge is 0.364 e. The summed E-state index contributed by atoms with van der Waals surface area (Å²) >= 11 is 5.89. The van der Waals surface area contributed by atoms with Gasteiger partial charge in [0.25, 0.3) is 17.7 Å². The Kier molecular flexibility index (Phi) is 6.06. The minimum atomic E-state index is -2.16. The van der Waals surface area contributed by atoms with Gasteiger partial charge in [0.1, 0.15) is 11.5 Å². The van der Waals surface area contributed by atoms with Gasteiger partial charge in [-0.25, -0.2) is 13.8 Å². The molecule has 1 saturated carbocycles. The lowest BCUT2D eigenvalue weighted by Crippen LogP contribution is -2.42. The van der Waals surface area contributed by atoms with Gasteiger partial charge in [0, 0.05) is 13.1 Å². The molecule has 0 atom stereocenters. The van der Waals surface area contributed by atoms with E-state index < -0.39 is 29.2 Å². The fraction of sp³-hybridized carbons (Fsp3) is 0.368. The number of nitrogens with zero attached hydrogens (tertiary/aromatic N) is 2. The van der Waals surface area contributed by atoms with Crippen LogP contribution in [0.3, 0.4) is 0 Å². The second-order valence-corrected chi connectivity index (χ2v) is 7.47. The number of alkyl halides is 1. The van der Waals surface area contributed by atoms with Crippen LogP contribution < -0.4 is 16.4 Å². The van der Waals surface area contributed by atoms with E-state index in [0.717, 1.165) is 12.1 Å². The maximum absolute atomic E-state index is 15.3. The number of halogens is 3. The molecule has 1 aliphatic carbocycles. The number of imidazole rings is 1. The first-order valence-corrected chi connectivity index (χ1v) is 9.58. The minimum Gasteiger partial charge on any atom is -0.364 e. The van der Waals surface area contributed by atoms with Gasteiger partial charge in [0.2, 0.25) is 0 Å². The Bertz CT molecular complexity index is 1000. The van der Waals surface area contributed by atoms with Crippen LogP contribution in [0.5, 0.6) is 0 Å². The van der Waals surface area contributed by atoms with Crippen LogP contribution >= 0.6 is 11.6 Å². The normalized spacial score (nSPS) is 21.1. The number of hydrogen-bond acceptors (Lipinski definition) is 4. The topological polar surface area (TPSA) is 119 Å². The van der Waals surface area contributed by atoms with Gasteiger partial charge in [-0.3, -0.25) is 14.4 Å². The molecule has 1 aromatic carbocycles. The lowest BCUT2D eigenvalue weighted by Gasteiger charge is -2.34. The van der Waals surface area contributed by atoms with Gasteiger partial charge in [-0.2, -0.15) is 0 Å². The molecule has 1 aromatic heterocycles. The molecule has 1 aliphatic rings. The first-order chi connectivity index (χ1) is 14.2. The molecule has 160 valence electrons. The van der Waals surface area contributed by atoms with Crippen LogP contribution in [0.15, 0.2) is 24.5 Å². The fourth-order valence-corrected chi connectivity index (χ4v) is 3.77. The standard InChI is InChI=1S/C19H20ClF2N5O3/c1-24-17(29)15-14(16(23)28)25-9-27(15)11-4-6-19(22,7-5-11)18(30)26-13-3-2-10(21)8-12(13)20/h2-3,8-9,11H,4-7H2,1H3,(H2,23,28)(H,24,29)(H,26,30). The van der Waals surface area contributed by atoms with E-state index in [4.69, 9.17) is 17.3 Å². The summed E-state index contributed by atoms with van der Waals surface area (Å²) in [7, 11) is 1.41. The third kappa shape index (κ3) is 4.13. The third-order valence-electron chi connectivity index (χ3n) is 5.20. The van der Waals surface area contributed by atoms with Crippen molar-refractivity contribution >= 4 is 35.0 Å². The summed E-state index contributed by atoms with van der Waals surface area (Å²) in [6, 6.07) is 3.05. The number of carbonyl (C=O) groups excluding carboxylic acids is 3. The van der Waals surface area contributed by atoms with Gasteiger partial charge >= 0.3 is 0 Å². The van der Waals surface area contributed by atoms with Crippen molar-refractivity contribution < 1.29 is 23.2 Å². The molecule has 30 heavy (non-hydrogen) atoms. The van der Waals surface area contributed by atoms with E-state index in [1.54, 1.807) is 0 Å². The zero-order valence-corrected chi connectivity index (χ0v) is 16.8. The monoisotopic (exact) mass is 439 g/mol. The zero-order chi connectivity index (χ0) is 22.1. The van der Waals surface area contributed by atoms with Gasteiger partial charge in [-0.1, -0.05) is 11.6 Å². The van der Waals surface area contributed by atoms with Crippen LogP contribution in [-0.2, 0) is 4.79 Å². The molecule has 11 heteroatoms. The SMILES string of the molecule is CNC(=O)c1c(C(N)=O)ncn1C1CCC(F)(C(=O)Nc2ccc(F)cc2Cl)CC1. The van der Waals surface area contributed by atoms with Crippen molar-refractivity contribution in [1.29, 1.82) is 0 Å². The average molecular weight is 440 g/mol. The molecule has 1 heterocycles. The van der Waals surface area contributed by atoms with Crippen molar-refractivity contribution in [2.75, 3.05) is 12.4 Å². The number of nitrogens with one attached hydrogen (secondary N) is 2. The van der Waals surface area contributed by atoms with Crippen molar-refractivity contribution in [3.8, 4) is 0 Å². The van der Waals surface area contributed by atoms with Crippen LogP contribution in [0.1, 0.15) is 52.7 Å². The van der Waals surface area contributed by atoms with Crippen molar-refractivity contribution in [3.05, 3.63) is 46.8 Å². The quantitative estimate of drug-likeness (QED) is 0.663. The first-order valence-electron chi connectivity index (χ1n) is 9.20. The van der Waals surface area contributed by atoms with Crippen LogP contribution in [0.2, 0.25) is 5.02 Å². The van der Waals surface area contributed by atoms with Gasteiger partial charge < -0.3 is 20.9 Å². The molecule has 0 unspecified atom stereocenters. The Labute approximate surface area is 175 Å². The van der Waals surface area contributed by atoms with Crippen molar-refractivity contribution in [2.24, 2.45) is 5.73 Å². The van der Waals surface area contributed by atoms with E-state index in [1.165, 1.54) is 24.0 Å². The average Bonchev–Trinajstić information content (AvgIpc) is 3.15. The predicted molar refractivity (Wildman–Crippen MR) is 106 cm³/mol. The molecular formula is C19H20ClF2N5O3. The number of carbonyl (C=O) groups is 3. The van der Waals surface area contributed by atoms with Crippen molar-refractivity contribution in [1.82, 2.24) is 14.9 Å². The Balaban J connectivity index is 1.74. The second-order valence-electron chi connectivity index (χ2n) is 7.07. The Morgan fingerprint density at radius 2 is 1.97 bits per heavy atom. The highest BCUT2D eigenvalue weighted by atomic mass is 35.5.